The molecule has 0 aliphatic heterocycles. The maximum atomic E-state index is 10.5. The van der Waals surface area contributed by atoms with Gasteiger partial charge in [-0.25, -0.2) is 0 Å². The minimum absolute atomic E-state index is 0.0666. The Hall–Kier alpha value is -3.62. The van der Waals surface area contributed by atoms with Crippen molar-refractivity contribution in [2.24, 2.45) is 5.73 Å². The van der Waals surface area contributed by atoms with E-state index in [1.807, 2.05) is 62.4 Å². The lowest BCUT2D eigenvalue weighted by Crippen LogP contribution is -2.50. The van der Waals surface area contributed by atoms with Gasteiger partial charge in [-0.05, 0) is 88.1 Å². The quantitative estimate of drug-likeness (QED) is 0.135. The normalized spacial score (nSPS) is 12.9. The fourth-order valence-electron chi connectivity index (χ4n) is 4.33. The van der Waals surface area contributed by atoms with Crippen LogP contribution in [0.1, 0.15) is 36.1 Å². The minimum Gasteiger partial charge on any atom is -0.497 e. The fourth-order valence-corrected chi connectivity index (χ4v) is 5.29. The molecule has 0 radical (unpaired) electrons. The molecule has 4 rings (SSSR count). The van der Waals surface area contributed by atoms with Gasteiger partial charge < -0.3 is 20.9 Å². The van der Waals surface area contributed by atoms with Crippen LogP contribution in [0.3, 0.4) is 0 Å². The van der Waals surface area contributed by atoms with E-state index >= 15 is 0 Å². The Morgan fingerprint density at radius 2 is 1.21 bits per heavy atom. The van der Waals surface area contributed by atoms with Crippen LogP contribution in [0.5, 0.6) is 5.75 Å². The lowest BCUT2D eigenvalue weighted by atomic mass is 9.94. The second-order valence-corrected chi connectivity index (χ2v) is 14.6. The van der Waals surface area contributed by atoms with Crippen LogP contribution in [-0.4, -0.2) is 62.4 Å². The molecule has 4 aromatic rings. The number of aliphatic hydroxyl groups is 1. The first-order valence-electron chi connectivity index (χ1n) is 14.8. The molecule has 0 saturated carbocycles. The molecule has 0 unspecified atom stereocenters. The summed E-state index contributed by atoms with van der Waals surface area (Å²) in [5.74, 6) is 0.859. The van der Waals surface area contributed by atoms with Crippen LogP contribution in [0.4, 0.5) is 0 Å². The largest absolute Gasteiger partial charge is 0.497 e. The van der Waals surface area contributed by atoms with Crippen LogP contribution >= 0.6 is 0 Å². The third kappa shape index (κ3) is 15.2. The monoisotopic (exact) mass is 686 g/mol. The molecular weight excluding hydrogens is 641 g/mol. The zero-order valence-corrected chi connectivity index (χ0v) is 29.0. The number of nitrogens with two attached hydrogens (primary N) is 1. The van der Waals surface area contributed by atoms with Crippen LogP contribution in [0, 0.1) is 13.8 Å². The number of methoxy groups -OCH3 is 1. The molecule has 0 aromatic heterocycles. The Kier molecular flexibility index (Phi) is 15.2. The van der Waals surface area contributed by atoms with Crippen LogP contribution in [-0.2, 0) is 33.1 Å². The summed E-state index contributed by atoms with van der Waals surface area (Å²) >= 11 is 0. The van der Waals surface area contributed by atoms with E-state index in [1.54, 1.807) is 31.4 Å². The second kappa shape index (κ2) is 18.1. The highest BCUT2D eigenvalue weighted by molar-refractivity contribution is 7.86. The van der Waals surface area contributed by atoms with E-state index in [4.69, 9.17) is 19.6 Å². The smallest absolute Gasteiger partial charge is 0.294 e. The Bertz CT molecular complexity index is 1660. The summed E-state index contributed by atoms with van der Waals surface area (Å²) in [4.78, 5) is -0.133. The Morgan fingerprint density at radius 3 is 1.66 bits per heavy atom. The number of hydrogen-bond acceptors (Lipinski definition) is 8. The first-order chi connectivity index (χ1) is 21.9. The number of ether oxygens (including phenoxy) is 1. The first kappa shape index (κ1) is 39.6. The summed E-state index contributed by atoms with van der Waals surface area (Å²) in [6.07, 6.45) is 0.912. The van der Waals surface area contributed by atoms with Crippen LogP contribution in [0.2, 0.25) is 0 Å². The van der Waals surface area contributed by atoms with Gasteiger partial charge in [-0.2, -0.15) is 16.8 Å². The van der Waals surface area contributed by atoms with Crippen LogP contribution in [0.25, 0.3) is 0 Å². The SMILES string of the molecule is COc1cccc(CC(C)(C)NC[C@@H](O)[C@@H](N)Cc2ccccc2)c1.Cc1ccc(S(=O)(=O)O)cc1.Cc1ccc(S(=O)(=O)O)cc1. The Labute approximate surface area is 279 Å². The summed E-state index contributed by atoms with van der Waals surface area (Å²) in [5.41, 5.74) is 10.3. The number of hydrogen-bond donors (Lipinski definition) is 5. The molecule has 0 spiro atoms. The van der Waals surface area contributed by atoms with E-state index in [-0.39, 0.29) is 21.4 Å². The number of rotatable bonds is 11. The molecule has 256 valence electrons. The van der Waals surface area contributed by atoms with E-state index in [2.05, 4.69) is 25.2 Å². The highest BCUT2D eigenvalue weighted by atomic mass is 32.2. The summed E-state index contributed by atoms with van der Waals surface area (Å²) in [6.45, 7) is 8.40. The van der Waals surface area contributed by atoms with Gasteiger partial charge in [-0.15, -0.1) is 0 Å². The van der Waals surface area contributed by atoms with Gasteiger partial charge in [0.15, 0.2) is 0 Å². The van der Waals surface area contributed by atoms with Gasteiger partial charge in [0.25, 0.3) is 20.2 Å². The standard InChI is InChI=1S/C21H30N2O2.2C7H8O3S/c1-21(2,14-17-10-7-11-18(12-17)25-3)23-15-20(24)19(22)13-16-8-5-4-6-9-16;2*1-6-2-4-7(5-3-6)11(8,9)10/h4-12,19-20,23-24H,13-15,22H2,1-3H3;2*2-5H,1H3,(H,8,9,10)/t19-,20+;;/m0../s1. The summed E-state index contributed by atoms with van der Waals surface area (Å²) in [6, 6.07) is 29.8. The molecular formula is C35H46N2O8S2. The van der Waals surface area contributed by atoms with Crippen molar-refractivity contribution in [2.75, 3.05) is 13.7 Å². The van der Waals surface area contributed by atoms with Gasteiger partial charge in [0.05, 0.1) is 23.0 Å². The molecule has 4 aromatic carbocycles. The van der Waals surface area contributed by atoms with Crippen molar-refractivity contribution in [1.29, 1.82) is 0 Å². The van der Waals surface area contributed by atoms with Crippen molar-refractivity contribution in [3.8, 4) is 5.75 Å². The average Bonchev–Trinajstić information content (AvgIpc) is 3.00. The predicted molar refractivity (Wildman–Crippen MR) is 185 cm³/mol. The van der Waals surface area contributed by atoms with Crippen molar-refractivity contribution in [1.82, 2.24) is 5.32 Å². The third-order valence-electron chi connectivity index (χ3n) is 7.02. The van der Waals surface area contributed by atoms with Crippen molar-refractivity contribution in [3.05, 3.63) is 125 Å². The molecule has 2 atom stereocenters. The molecule has 12 heteroatoms. The fraction of sp³-hybridized carbons (Fsp3) is 0.314. The predicted octanol–water partition coefficient (Wildman–Crippen LogP) is 5.02. The molecule has 10 nitrogen and oxygen atoms in total. The van der Waals surface area contributed by atoms with Gasteiger partial charge in [0.2, 0.25) is 0 Å². The molecule has 0 aliphatic rings. The van der Waals surface area contributed by atoms with Crippen molar-refractivity contribution >= 4 is 20.2 Å². The van der Waals surface area contributed by atoms with Crippen LogP contribution < -0.4 is 15.8 Å². The number of β-amino-alcohol motifs (C(OH)–C–C–N with tert-alkyl or cyclic N) is 1. The molecule has 0 fully saturated rings. The Morgan fingerprint density at radius 1 is 0.745 bits per heavy atom. The number of nitrogens with one attached hydrogen (secondary N) is 1. The molecule has 0 bridgehead atoms. The summed E-state index contributed by atoms with van der Waals surface area (Å²) in [7, 11) is -6.37. The van der Waals surface area contributed by atoms with Gasteiger partial charge in [0.1, 0.15) is 5.75 Å². The minimum atomic E-state index is -4.02. The molecule has 0 heterocycles. The number of aliphatic hydroxyl groups excluding tert-OH is 1. The van der Waals surface area contributed by atoms with E-state index < -0.39 is 26.3 Å². The zero-order chi connectivity index (χ0) is 35.3. The highest BCUT2D eigenvalue weighted by Crippen LogP contribution is 2.18. The third-order valence-corrected chi connectivity index (χ3v) is 8.75. The van der Waals surface area contributed by atoms with Gasteiger partial charge in [-0.1, -0.05) is 77.9 Å². The van der Waals surface area contributed by atoms with Crippen molar-refractivity contribution < 1.29 is 35.8 Å². The van der Waals surface area contributed by atoms with E-state index in [0.29, 0.717) is 13.0 Å². The molecule has 0 aliphatic carbocycles. The first-order valence-corrected chi connectivity index (χ1v) is 17.7. The molecule has 47 heavy (non-hydrogen) atoms. The highest BCUT2D eigenvalue weighted by Gasteiger charge is 2.22. The molecule has 0 saturated heterocycles. The second-order valence-electron chi connectivity index (χ2n) is 11.8. The summed E-state index contributed by atoms with van der Waals surface area (Å²) < 4.78 is 64.4. The number of benzene rings is 4. The van der Waals surface area contributed by atoms with E-state index in [9.17, 15) is 21.9 Å². The topological polar surface area (TPSA) is 176 Å². The van der Waals surface area contributed by atoms with Gasteiger partial charge >= 0.3 is 0 Å². The maximum Gasteiger partial charge on any atom is 0.294 e. The van der Waals surface area contributed by atoms with Crippen molar-refractivity contribution in [3.63, 3.8) is 0 Å². The van der Waals surface area contributed by atoms with E-state index in [1.165, 1.54) is 29.8 Å². The maximum absolute atomic E-state index is 10.5. The van der Waals surface area contributed by atoms with E-state index in [0.717, 1.165) is 28.9 Å². The zero-order valence-electron chi connectivity index (χ0n) is 27.4. The molecule has 6 N–H and O–H groups in total. The lowest BCUT2D eigenvalue weighted by molar-refractivity contribution is 0.131. The van der Waals surface area contributed by atoms with Gasteiger partial charge in [0, 0.05) is 18.1 Å². The van der Waals surface area contributed by atoms with Crippen molar-refractivity contribution in [2.45, 2.75) is 68.0 Å². The Balaban J connectivity index is 0.000000287. The van der Waals surface area contributed by atoms with Gasteiger partial charge in [-0.3, -0.25) is 9.11 Å². The van der Waals surface area contributed by atoms with Crippen LogP contribution in [0.15, 0.2) is 113 Å². The molecule has 0 amide bonds. The average molecular weight is 687 g/mol. The summed E-state index contributed by atoms with van der Waals surface area (Å²) in [5, 5.41) is 13.8. The lowest BCUT2D eigenvalue weighted by Gasteiger charge is -2.29. The number of aryl methyl sites for hydroxylation is 2.